The van der Waals surface area contributed by atoms with Gasteiger partial charge in [0.1, 0.15) is 10.6 Å². The second-order valence-electron chi connectivity index (χ2n) is 8.01. The Morgan fingerprint density at radius 3 is 2.61 bits per heavy atom. The number of anilines is 2. The number of benzene rings is 1. The van der Waals surface area contributed by atoms with Crippen molar-refractivity contribution in [2.45, 2.75) is 45.1 Å². The van der Waals surface area contributed by atoms with Crippen molar-refractivity contribution in [3.63, 3.8) is 0 Å². The van der Waals surface area contributed by atoms with Gasteiger partial charge in [0.2, 0.25) is 5.95 Å². The summed E-state index contributed by atoms with van der Waals surface area (Å²) in [6, 6.07) is 5.89. The fourth-order valence-electron chi connectivity index (χ4n) is 3.82. The van der Waals surface area contributed by atoms with Gasteiger partial charge >= 0.3 is 5.97 Å². The van der Waals surface area contributed by atoms with Crippen LogP contribution in [0, 0.1) is 25.6 Å². The maximum atomic E-state index is 13.4. The number of aryl methyl sites for hydroxylation is 2. The summed E-state index contributed by atoms with van der Waals surface area (Å²) in [5.74, 6) is -1.35. The molecule has 0 bridgehead atoms. The fourth-order valence-corrected chi connectivity index (χ4v) is 4.87. The number of nitrogens with zero attached hydrogens (tertiary/aromatic N) is 3. The van der Waals surface area contributed by atoms with E-state index >= 15 is 0 Å². The molecular formula is C22H23FN4O3S. The van der Waals surface area contributed by atoms with Crippen LogP contribution in [-0.4, -0.2) is 31.1 Å². The second-order valence-corrected chi connectivity index (χ2v) is 9.04. The van der Waals surface area contributed by atoms with Crippen LogP contribution in [0.5, 0.6) is 0 Å². The van der Waals surface area contributed by atoms with Crippen molar-refractivity contribution in [2.75, 3.05) is 5.32 Å². The van der Waals surface area contributed by atoms with E-state index < -0.39 is 23.3 Å². The normalized spacial score (nSPS) is 21.1. The number of nitrogens with one attached hydrogen (secondary N) is 1. The summed E-state index contributed by atoms with van der Waals surface area (Å²) in [6.07, 6.45) is 4.53. The second kappa shape index (κ2) is 8.32. The largest absolute Gasteiger partial charge is 0.481 e. The maximum absolute atomic E-state index is 13.4. The molecule has 0 aliphatic heterocycles. The van der Waals surface area contributed by atoms with Crippen molar-refractivity contribution in [1.29, 1.82) is 0 Å². The van der Waals surface area contributed by atoms with E-state index in [4.69, 9.17) is 0 Å². The Balaban J connectivity index is 1.56. The average Bonchev–Trinajstić information content (AvgIpc) is 3.22. The van der Waals surface area contributed by atoms with Crippen LogP contribution >= 0.6 is 11.3 Å². The van der Waals surface area contributed by atoms with Gasteiger partial charge in [0.15, 0.2) is 5.82 Å². The van der Waals surface area contributed by atoms with Crippen LogP contribution in [0.4, 0.5) is 16.0 Å². The first-order chi connectivity index (χ1) is 14.7. The van der Waals surface area contributed by atoms with E-state index in [2.05, 4.69) is 20.3 Å². The number of rotatable bonds is 5. The molecule has 162 valence electrons. The van der Waals surface area contributed by atoms with Gasteiger partial charge in [0, 0.05) is 11.9 Å². The zero-order valence-corrected chi connectivity index (χ0v) is 18.0. The number of carboxylic acid groups (broad SMARTS) is 1. The first kappa shape index (κ1) is 21.3. The standard InChI is InChI=1S/C22H23FN4O3S/c1-12-7-15(9-16(8-12)27-21-25-10-17(23)13(2)26-21)18-11-24-20(31-18)22(30)5-3-14(4-6-22)19(28)29/h7-11,14,30H,3-6H2,1-2H3,(H,28,29)(H,25,26,27)/t14-,22+. The minimum Gasteiger partial charge on any atom is -0.481 e. The summed E-state index contributed by atoms with van der Waals surface area (Å²) in [4.78, 5) is 24.6. The number of carbonyl (C=O) groups is 1. The highest BCUT2D eigenvalue weighted by Gasteiger charge is 2.39. The van der Waals surface area contributed by atoms with Crippen LogP contribution in [0.15, 0.2) is 30.6 Å². The molecule has 2 aromatic heterocycles. The number of halogens is 1. The molecule has 7 nitrogen and oxygen atoms in total. The number of aromatic nitrogens is 3. The van der Waals surface area contributed by atoms with Crippen LogP contribution in [0.25, 0.3) is 10.4 Å². The molecule has 4 rings (SSSR count). The van der Waals surface area contributed by atoms with Crippen LogP contribution in [0.3, 0.4) is 0 Å². The van der Waals surface area contributed by atoms with E-state index in [1.807, 2.05) is 25.1 Å². The molecule has 3 N–H and O–H groups in total. The number of hydrogen-bond acceptors (Lipinski definition) is 7. The number of aliphatic hydroxyl groups is 1. The van der Waals surface area contributed by atoms with Crippen LogP contribution in [-0.2, 0) is 10.4 Å². The van der Waals surface area contributed by atoms with Gasteiger partial charge in [-0.15, -0.1) is 11.3 Å². The molecule has 1 aromatic carbocycles. The van der Waals surface area contributed by atoms with Gasteiger partial charge in [0.25, 0.3) is 0 Å². The quantitative estimate of drug-likeness (QED) is 0.531. The summed E-state index contributed by atoms with van der Waals surface area (Å²) >= 11 is 1.41. The number of carboxylic acids is 1. The maximum Gasteiger partial charge on any atom is 0.306 e. The van der Waals surface area contributed by atoms with Gasteiger partial charge in [0.05, 0.1) is 22.7 Å². The molecule has 0 unspecified atom stereocenters. The zero-order chi connectivity index (χ0) is 22.2. The minimum absolute atomic E-state index is 0.267. The molecule has 9 heteroatoms. The van der Waals surface area contributed by atoms with E-state index in [-0.39, 0.29) is 5.69 Å². The summed E-state index contributed by atoms with van der Waals surface area (Å²) < 4.78 is 13.4. The Labute approximate surface area is 183 Å². The molecule has 2 heterocycles. The van der Waals surface area contributed by atoms with Crippen molar-refractivity contribution in [2.24, 2.45) is 5.92 Å². The van der Waals surface area contributed by atoms with Gasteiger partial charge in [-0.25, -0.2) is 19.3 Å². The lowest BCUT2D eigenvalue weighted by Gasteiger charge is -2.32. The van der Waals surface area contributed by atoms with Crippen LogP contribution in [0.2, 0.25) is 0 Å². The molecule has 0 atom stereocenters. The predicted molar refractivity (Wildman–Crippen MR) is 116 cm³/mol. The van der Waals surface area contributed by atoms with E-state index in [9.17, 15) is 19.4 Å². The summed E-state index contributed by atoms with van der Waals surface area (Å²) in [5.41, 5.74) is 1.88. The predicted octanol–water partition coefficient (Wildman–Crippen LogP) is 4.56. The van der Waals surface area contributed by atoms with Crippen molar-refractivity contribution in [3.8, 4) is 10.4 Å². The molecule has 0 amide bonds. The SMILES string of the molecule is Cc1cc(Nc2ncc(F)c(C)n2)cc(-c2cnc([C@]3(O)CC[C@@H](C(=O)O)CC3)s2)c1. The lowest BCUT2D eigenvalue weighted by Crippen LogP contribution is -2.33. The zero-order valence-electron chi connectivity index (χ0n) is 17.2. The average molecular weight is 443 g/mol. The Morgan fingerprint density at radius 1 is 1.19 bits per heavy atom. The number of aliphatic carboxylic acids is 1. The van der Waals surface area contributed by atoms with Crippen molar-refractivity contribution in [1.82, 2.24) is 15.0 Å². The van der Waals surface area contributed by atoms with Gasteiger partial charge in [-0.1, -0.05) is 6.07 Å². The van der Waals surface area contributed by atoms with Crippen molar-refractivity contribution >= 4 is 28.9 Å². The Kier molecular flexibility index (Phi) is 5.72. The molecule has 1 aliphatic carbocycles. The topological polar surface area (TPSA) is 108 Å². The monoisotopic (exact) mass is 442 g/mol. The summed E-state index contributed by atoms with van der Waals surface area (Å²) in [6.45, 7) is 3.55. The first-order valence-electron chi connectivity index (χ1n) is 10.0. The molecular weight excluding hydrogens is 419 g/mol. The van der Waals surface area contributed by atoms with Crippen molar-refractivity contribution in [3.05, 3.63) is 52.7 Å². The molecule has 1 fully saturated rings. The van der Waals surface area contributed by atoms with E-state index in [0.29, 0.717) is 36.6 Å². The Bertz CT molecular complexity index is 1130. The first-order valence-corrected chi connectivity index (χ1v) is 10.8. The van der Waals surface area contributed by atoms with Gasteiger partial charge < -0.3 is 15.5 Å². The lowest BCUT2D eigenvalue weighted by atomic mass is 9.79. The molecule has 1 saturated carbocycles. The van der Waals surface area contributed by atoms with E-state index in [1.165, 1.54) is 11.3 Å². The smallest absolute Gasteiger partial charge is 0.306 e. The molecule has 1 aliphatic rings. The van der Waals surface area contributed by atoms with Crippen molar-refractivity contribution < 1.29 is 19.4 Å². The number of thiazole rings is 1. The third-order valence-corrected chi connectivity index (χ3v) is 6.84. The van der Waals surface area contributed by atoms with Crippen LogP contribution < -0.4 is 5.32 Å². The molecule has 3 aromatic rings. The van der Waals surface area contributed by atoms with E-state index in [0.717, 1.165) is 27.9 Å². The molecule has 0 spiro atoms. The fraction of sp³-hybridized carbons (Fsp3) is 0.364. The summed E-state index contributed by atoms with van der Waals surface area (Å²) in [5, 5.41) is 24.0. The highest BCUT2D eigenvalue weighted by atomic mass is 32.1. The molecule has 0 radical (unpaired) electrons. The highest BCUT2D eigenvalue weighted by molar-refractivity contribution is 7.15. The third kappa shape index (κ3) is 4.57. The van der Waals surface area contributed by atoms with E-state index in [1.54, 1.807) is 13.1 Å². The lowest BCUT2D eigenvalue weighted by molar-refractivity contribution is -0.145. The Hall–Kier alpha value is -2.91. The van der Waals surface area contributed by atoms with Gasteiger partial charge in [-0.2, -0.15) is 0 Å². The molecule has 0 saturated heterocycles. The highest BCUT2D eigenvalue weighted by Crippen LogP contribution is 2.43. The van der Waals surface area contributed by atoms with Crippen LogP contribution in [0.1, 0.15) is 41.9 Å². The molecule has 31 heavy (non-hydrogen) atoms. The Morgan fingerprint density at radius 2 is 1.94 bits per heavy atom. The van der Waals surface area contributed by atoms with Gasteiger partial charge in [-0.05, 0) is 62.8 Å². The van der Waals surface area contributed by atoms with Gasteiger partial charge in [-0.3, -0.25) is 4.79 Å². The summed E-state index contributed by atoms with van der Waals surface area (Å²) in [7, 11) is 0. The number of hydrogen-bond donors (Lipinski definition) is 3. The third-order valence-electron chi connectivity index (χ3n) is 5.60. The minimum atomic E-state index is -1.08.